The maximum atomic E-state index is 12.1. The van der Waals surface area contributed by atoms with Crippen molar-refractivity contribution in [2.45, 2.75) is 24.4 Å². The number of nitrogens with one attached hydrogen (secondary N) is 1. The van der Waals surface area contributed by atoms with Crippen molar-refractivity contribution in [2.75, 3.05) is 20.2 Å². The number of likely N-dealkylation sites (N-methyl/N-ethyl adjacent to an activating group) is 1. The number of aliphatic hydroxyl groups excluding tert-OH is 5. The highest BCUT2D eigenvalue weighted by Gasteiger charge is 2.29. The molecule has 4 atom stereocenters. The van der Waals surface area contributed by atoms with Gasteiger partial charge in [-0.25, -0.2) is 0 Å². The van der Waals surface area contributed by atoms with Crippen LogP contribution in [0, 0.1) is 0 Å². The van der Waals surface area contributed by atoms with Crippen molar-refractivity contribution in [3.05, 3.63) is 46.6 Å². The third kappa shape index (κ3) is 6.14. The van der Waals surface area contributed by atoms with Gasteiger partial charge in [0.2, 0.25) is 5.75 Å². The summed E-state index contributed by atoms with van der Waals surface area (Å²) < 4.78 is 5.47. The summed E-state index contributed by atoms with van der Waals surface area (Å²) in [7, 11) is 1.57. The van der Waals surface area contributed by atoms with Crippen LogP contribution < -0.4 is 10.7 Å². The molecule has 10 N–H and O–H groups in total. The Morgan fingerprint density at radius 1 is 0.882 bits per heavy atom. The number of benzene rings is 2. The lowest BCUT2D eigenvalue weighted by Gasteiger charge is -2.25. The second-order valence-electron chi connectivity index (χ2n) is 7.34. The lowest BCUT2D eigenvalue weighted by molar-refractivity contribution is -0.113. The molecule has 0 saturated carbocycles. The van der Waals surface area contributed by atoms with Gasteiger partial charge in [0.1, 0.15) is 40.8 Å². The molecule has 3 aromatic rings. The van der Waals surface area contributed by atoms with Gasteiger partial charge < -0.3 is 55.7 Å². The van der Waals surface area contributed by atoms with E-state index in [1.165, 1.54) is 12.1 Å². The average molecular weight is 481 g/mol. The van der Waals surface area contributed by atoms with Crippen molar-refractivity contribution >= 4 is 11.0 Å². The Balaban J connectivity index is 0.000000273. The Bertz CT molecular complexity index is 1150. The van der Waals surface area contributed by atoms with Gasteiger partial charge >= 0.3 is 0 Å². The fraction of sp³-hybridized carbons (Fsp3) is 0.318. The number of phenols is 4. The molecule has 0 aliphatic rings. The molecule has 2 aromatic carbocycles. The molecule has 0 saturated heterocycles. The molecule has 1 aromatic heterocycles. The van der Waals surface area contributed by atoms with Gasteiger partial charge in [-0.3, -0.25) is 4.79 Å². The first-order valence-corrected chi connectivity index (χ1v) is 10.0. The third-order valence-electron chi connectivity index (χ3n) is 4.84. The fourth-order valence-electron chi connectivity index (χ4n) is 2.94. The van der Waals surface area contributed by atoms with Gasteiger partial charge in [0.05, 0.1) is 12.7 Å². The second kappa shape index (κ2) is 11.7. The molecule has 0 spiro atoms. The Morgan fingerprint density at radius 3 is 2.03 bits per heavy atom. The quantitative estimate of drug-likeness (QED) is 0.182. The molecule has 0 radical (unpaired) electrons. The van der Waals surface area contributed by atoms with Crippen LogP contribution in [0.4, 0.5) is 0 Å². The Labute approximate surface area is 192 Å². The summed E-state index contributed by atoms with van der Waals surface area (Å²) in [5.41, 5.74) is -0.0793. The molecule has 12 nitrogen and oxygen atoms in total. The van der Waals surface area contributed by atoms with Crippen molar-refractivity contribution in [2.24, 2.45) is 0 Å². The monoisotopic (exact) mass is 481 g/mol. The highest BCUT2D eigenvalue weighted by molar-refractivity contribution is 5.89. The fourth-order valence-corrected chi connectivity index (χ4v) is 2.94. The van der Waals surface area contributed by atoms with Crippen molar-refractivity contribution in [3.8, 4) is 34.3 Å². The van der Waals surface area contributed by atoms with Gasteiger partial charge in [-0.1, -0.05) is 0 Å². The molecule has 3 rings (SSSR count). The molecular weight excluding hydrogens is 454 g/mol. The number of aromatic hydroxyl groups is 4. The van der Waals surface area contributed by atoms with Crippen LogP contribution in [0.25, 0.3) is 22.3 Å². The van der Waals surface area contributed by atoms with Crippen LogP contribution in [0.15, 0.2) is 45.6 Å². The highest BCUT2D eigenvalue weighted by Crippen LogP contribution is 2.40. The number of fused-ring (bicyclic) bond motifs is 1. The van der Waals surface area contributed by atoms with Crippen LogP contribution >= 0.6 is 0 Å². The molecule has 0 fully saturated rings. The summed E-state index contributed by atoms with van der Waals surface area (Å²) in [4.78, 5) is 12.1. The Kier molecular flexibility index (Phi) is 9.20. The van der Waals surface area contributed by atoms with Crippen LogP contribution in [-0.2, 0) is 0 Å². The minimum atomic E-state index is -1.55. The lowest BCUT2D eigenvalue weighted by Crippen LogP contribution is -2.48. The van der Waals surface area contributed by atoms with E-state index in [4.69, 9.17) is 24.8 Å². The number of rotatable bonds is 7. The largest absolute Gasteiger partial charge is 0.508 e. The first kappa shape index (κ1) is 26.9. The molecule has 12 heteroatoms. The van der Waals surface area contributed by atoms with Crippen LogP contribution in [-0.4, -0.2) is 90.6 Å². The smallest absolute Gasteiger partial charge is 0.201 e. The summed E-state index contributed by atoms with van der Waals surface area (Å²) in [6.45, 7) is -0.569. The van der Waals surface area contributed by atoms with E-state index in [1.807, 2.05) is 0 Å². The van der Waals surface area contributed by atoms with Gasteiger partial charge in [-0.15, -0.1) is 0 Å². The van der Waals surface area contributed by atoms with E-state index in [2.05, 4.69) is 5.32 Å². The average Bonchev–Trinajstić information content (AvgIpc) is 2.81. The van der Waals surface area contributed by atoms with Crippen molar-refractivity contribution in [3.63, 3.8) is 0 Å². The molecule has 0 unspecified atom stereocenters. The van der Waals surface area contributed by atoms with E-state index >= 15 is 0 Å². The maximum absolute atomic E-state index is 12.1. The summed E-state index contributed by atoms with van der Waals surface area (Å²) in [5, 5.41) is 85.1. The van der Waals surface area contributed by atoms with Crippen molar-refractivity contribution < 1.29 is 50.4 Å². The Morgan fingerprint density at radius 2 is 1.47 bits per heavy atom. The molecule has 1 heterocycles. The first-order chi connectivity index (χ1) is 16.0. The van der Waals surface area contributed by atoms with E-state index < -0.39 is 53.7 Å². The minimum Gasteiger partial charge on any atom is -0.508 e. The van der Waals surface area contributed by atoms with Gasteiger partial charge in [0, 0.05) is 24.2 Å². The molecular formula is C22H27NO11. The maximum Gasteiger partial charge on any atom is 0.201 e. The zero-order valence-electron chi connectivity index (χ0n) is 18.0. The molecule has 0 bridgehead atoms. The number of hydrogen-bond donors (Lipinski definition) is 10. The lowest BCUT2D eigenvalue weighted by atomic mass is 10.0. The van der Waals surface area contributed by atoms with Gasteiger partial charge in [0.25, 0.3) is 0 Å². The third-order valence-corrected chi connectivity index (χ3v) is 4.84. The number of aliphatic hydroxyl groups is 5. The second-order valence-corrected chi connectivity index (χ2v) is 7.34. The number of hydrogen-bond acceptors (Lipinski definition) is 12. The predicted molar refractivity (Wildman–Crippen MR) is 120 cm³/mol. The van der Waals surface area contributed by atoms with Gasteiger partial charge in [-0.2, -0.15) is 0 Å². The van der Waals surface area contributed by atoms with Crippen LogP contribution in [0.3, 0.4) is 0 Å². The summed E-state index contributed by atoms with van der Waals surface area (Å²) >= 11 is 0. The van der Waals surface area contributed by atoms with E-state index in [0.717, 1.165) is 12.1 Å². The zero-order valence-corrected chi connectivity index (χ0v) is 18.0. The highest BCUT2D eigenvalue weighted by atomic mass is 16.4. The van der Waals surface area contributed by atoms with E-state index in [0.29, 0.717) is 5.56 Å². The SMILES string of the molecule is CNC[C@H](O)[C@@H](O)[C@H](O)[C@H](O)CO.O=c1cc(-c2ccc(O)cc2)oc2cc(O)c(O)c(O)c12. The first-order valence-electron chi connectivity index (χ1n) is 10.0. The van der Waals surface area contributed by atoms with Crippen molar-refractivity contribution in [1.82, 2.24) is 5.32 Å². The topological polar surface area (TPSA) is 224 Å². The minimum absolute atomic E-state index is 0.0571. The number of phenolic OH excluding ortho intramolecular Hbond substituents is 4. The Hall–Kier alpha value is -3.39. The van der Waals surface area contributed by atoms with Gasteiger partial charge in [0.15, 0.2) is 16.9 Å². The van der Waals surface area contributed by atoms with Crippen LogP contribution in [0.1, 0.15) is 0 Å². The van der Waals surface area contributed by atoms with Crippen LogP contribution in [0.2, 0.25) is 0 Å². The summed E-state index contributed by atoms with van der Waals surface area (Å²) in [6.07, 6.45) is -5.65. The van der Waals surface area contributed by atoms with Gasteiger partial charge in [-0.05, 0) is 31.3 Å². The molecule has 186 valence electrons. The molecule has 0 amide bonds. The predicted octanol–water partition coefficient (Wildman–Crippen LogP) is -1.08. The van der Waals surface area contributed by atoms with E-state index in [1.54, 1.807) is 19.2 Å². The van der Waals surface area contributed by atoms with Crippen molar-refractivity contribution in [1.29, 1.82) is 0 Å². The van der Waals surface area contributed by atoms with E-state index in [-0.39, 0.29) is 29.0 Å². The van der Waals surface area contributed by atoms with Crippen LogP contribution in [0.5, 0.6) is 23.0 Å². The standard InChI is InChI=1S/C15H10O6.C7H17NO5/c16-8-3-1-7(2-4-8)11-5-9(17)13-12(21-11)6-10(18)14(19)15(13)20;1-8-2-4(10)6(12)7(13)5(11)3-9/h1-6,16,18-20H;4-13H,2-3H2,1H3/t;4-,5+,6+,7+/m.0/s1. The van der Waals surface area contributed by atoms with E-state index in [9.17, 15) is 30.3 Å². The summed E-state index contributed by atoms with van der Waals surface area (Å²) in [5.74, 6) is -1.81. The molecule has 0 aliphatic heterocycles. The molecule has 0 aliphatic carbocycles. The zero-order chi connectivity index (χ0) is 25.6. The summed E-state index contributed by atoms with van der Waals surface area (Å²) in [6, 6.07) is 8.19. The normalized spacial score (nSPS) is 14.6. The molecule has 34 heavy (non-hydrogen) atoms.